The molecule has 0 spiro atoms. The third-order valence-electron chi connectivity index (χ3n) is 6.41. The minimum absolute atomic E-state index is 0.00446. The largest absolute Gasteiger partial charge is 0.353 e. The molecule has 0 atom stereocenters. The van der Waals surface area contributed by atoms with Crippen molar-refractivity contribution < 1.29 is 4.79 Å². The maximum atomic E-state index is 12.7. The number of hydrogen-bond donors (Lipinski definition) is 1. The molecule has 5 rings (SSSR count). The van der Waals surface area contributed by atoms with E-state index in [1.807, 2.05) is 30.3 Å². The van der Waals surface area contributed by atoms with Gasteiger partial charge in [0, 0.05) is 12.6 Å². The lowest BCUT2D eigenvalue weighted by Gasteiger charge is -2.13. The van der Waals surface area contributed by atoms with E-state index >= 15 is 0 Å². The van der Waals surface area contributed by atoms with Crippen LogP contribution in [0.1, 0.15) is 43.5 Å². The first kappa shape index (κ1) is 23.8. The van der Waals surface area contributed by atoms with Crippen molar-refractivity contribution in [3.63, 3.8) is 0 Å². The number of aryl methyl sites for hydroxylation is 1. The van der Waals surface area contributed by atoms with E-state index in [4.69, 9.17) is 0 Å². The Labute approximate surface area is 212 Å². The lowest BCUT2D eigenvalue weighted by Crippen LogP contribution is -2.33. The van der Waals surface area contributed by atoms with Crippen LogP contribution >= 0.6 is 23.1 Å². The maximum absolute atomic E-state index is 12.7. The molecule has 7 nitrogen and oxygen atoms in total. The highest BCUT2D eigenvalue weighted by molar-refractivity contribution is 7.99. The maximum Gasteiger partial charge on any atom is 0.308 e. The van der Waals surface area contributed by atoms with Gasteiger partial charge in [-0.2, -0.15) is 0 Å². The number of nitrogens with one attached hydrogen (secondary N) is 1. The van der Waals surface area contributed by atoms with Crippen LogP contribution in [0.3, 0.4) is 0 Å². The molecule has 0 aliphatic heterocycles. The topological polar surface area (TPSA) is 81.8 Å². The quantitative estimate of drug-likeness (QED) is 0.320. The number of carbonyl (C=O) groups is 1. The second-order valence-electron chi connectivity index (χ2n) is 8.90. The monoisotopic (exact) mass is 507 g/mol. The Morgan fingerprint density at radius 3 is 2.63 bits per heavy atom. The standard InChI is InChI=1S/C26H29N5O2S2/c32-24(27-20-12-4-5-13-20)18-34-25-29-28-23(30(25)16-8-11-19-9-2-1-3-10-19)17-31-21-14-6-7-15-22(21)35-26(31)33/h1-3,6-7,9-10,14-15,20H,4-5,8,11-13,16-18H2,(H,27,32). The normalized spacial score (nSPS) is 14.1. The molecule has 0 bridgehead atoms. The van der Waals surface area contributed by atoms with E-state index in [0.29, 0.717) is 18.3 Å². The summed E-state index contributed by atoms with van der Waals surface area (Å²) in [5.41, 5.74) is 2.19. The first-order valence-corrected chi connectivity index (χ1v) is 13.9. The van der Waals surface area contributed by atoms with E-state index in [1.165, 1.54) is 41.5 Å². The predicted molar refractivity (Wildman–Crippen MR) is 141 cm³/mol. The fourth-order valence-electron chi connectivity index (χ4n) is 4.63. The van der Waals surface area contributed by atoms with E-state index in [1.54, 1.807) is 4.57 Å². The molecule has 4 aromatic rings. The van der Waals surface area contributed by atoms with Gasteiger partial charge in [0.25, 0.3) is 0 Å². The molecular weight excluding hydrogens is 478 g/mol. The molecule has 182 valence electrons. The summed E-state index contributed by atoms with van der Waals surface area (Å²) < 4.78 is 4.81. The van der Waals surface area contributed by atoms with Crippen LogP contribution < -0.4 is 10.2 Å². The highest BCUT2D eigenvalue weighted by Crippen LogP contribution is 2.22. The number of rotatable bonds is 10. The van der Waals surface area contributed by atoms with E-state index in [2.05, 4.69) is 44.3 Å². The number of aromatic nitrogens is 4. The summed E-state index contributed by atoms with van der Waals surface area (Å²) in [4.78, 5) is 25.2. The summed E-state index contributed by atoms with van der Waals surface area (Å²) in [5.74, 6) is 1.10. The van der Waals surface area contributed by atoms with Gasteiger partial charge in [0.1, 0.15) is 0 Å². The Morgan fingerprint density at radius 2 is 1.80 bits per heavy atom. The van der Waals surface area contributed by atoms with Crippen LogP contribution in [0.5, 0.6) is 0 Å². The lowest BCUT2D eigenvalue weighted by molar-refractivity contribution is -0.119. The number of amides is 1. The van der Waals surface area contributed by atoms with E-state index in [9.17, 15) is 9.59 Å². The molecular formula is C26H29N5O2S2. The van der Waals surface area contributed by atoms with Gasteiger partial charge >= 0.3 is 4.87 Å². The Bertz CT molecular complexity index is 1340. The van der Waals surface area contributed by atoms with Gasteiger partial charge in [-0.3, -0.25) is 14.2 Å². The van der Waals surface area contributed by atoms with Gasteiger partial charge < -0.3 is 9.88 Å². The summed E-state index contributed by atoms with van der Waals surface area (Å²) in [6.07, 6.45) is 6.36. The van der Waals surface area contributed by atoms with Crippen molar-refractivity contribution in [1.82, 2.24) is 24.6 Å². The van der Waals surface area contributed by atoms with Crippen LogP contribution in [0, 0.1) is 0 Å². The van der Waals surface area contributed by atoms with Crippen LogP contribution in [-0.4, -0.2) is 37.0 Å². The van der Waals surface area contributed by atoms with Gasteiger partial charge in [-0.1, -0.05) is 78.4 Å². The molecule has 1 aliphatic carbocycles. The van der Waals surface area contributed by atoms with E-state index < -0.39 is 0 Å². The highest BCUT2D eigenvalue weighted by Gasteiger charge is 2.20. The molecule has 2 heterocycles. The van der Waals surface area contributed by atoms with Crippen LogP contribution in [0.2, 0.25) is 0 Å². The number of hydrogen-bond acceptors (Lipinski definition) is 6. The molecule has 2 aromatic carbocycles. The van der Waals surface area contributed by atoms with Crippen LogP contribution in [-0.2, 0) is 24.3 Å². The number of para-hydroxylation sites is 1. The van der Waals surface area contributed by atoms with Crippen molar-refractivity contribution in [2.75, 3.05) is 5.75 Å². The number of benzene rings is 2. The summed E-state index contributed by atoms with van der Waals surface area (Å²) in [7, 11) is 0. The van der Waals surface area contributed by atoms with E-state index in [0.717, 1.165) is 53.4 Å². The van der Waals surface area contributed by atoms with Crippen LogP contribution in [0.25, 0.3) is 10.2 Å². The Balaban J connectivity index is 1.33. The first-order chi connectivity index (χ1) is 17.2. The average molecular weight is 508 g/mol. The van der Waals surface area contributed by atoms with Crippen molar-refractivity contribution in [3.8, 4) is 0 Å². The van der Waals surface area contributed by atoms with Crippen molar-refractivity contribution >= 4 is 39.2 Å². The van der Waals surface area contributed by atoms with Crippen LogP contribution in [0.4, 0.5) is 0 Å². The number of fused-ring (bicyclic) bond motifs is 1. The number of thiazole rings is 1. The minimum atomic E-state index is -0.00446. The Hall–Kier alpha value is -2.91. The average Bonchev–Trinajstić information content (AvgIpc) is 3.59. The van der Waals surface area contributed by atoms with Gasteiger partial charge in [0.15, 0.2) is 11.0 Å². The highest BCUT2D eigenvalue weighted by atomic mass is 32.2. The molecule has 1 saturated carbocycles. The number of nitrogens with zero attached hydrogens (tertiary/aromatic N) is 4. The molecule has 1 aliphatic rings. The third-order valence-corrected chi connectivity index (χ3v) is 8.34. The molecule has 2 aromatic heterocycles. The number of carbonyl (C=O) groups excluding carboxylic acids is 1. The second-order valence-corrected chi connectivity index (χ2v) is 10.8. The zero-order valence-electron chi connectivity index (χ0n) is 19.6. The summed E-state index contributed by atoms with van der Waals surface area (Å²) in [6, 6.07) is 18.5. The molecule has 0 saturated heterocycles. The fourth-order valence-corrected chi connectivity index (χ4v) is 6.31. The van der Waals surface area contributed by atoms with Crippen molar-refractivity contribution in [3.05, 3.63) is 75.7 Å². The Kier molecular flexibility index (Phi) is 7.63. The molecule has 9 heteroatoms. The molecule has 1 fully saturated rings. The minimum Gasteiger partial charge on any atom is -0.353 e. The van der Waals surface area contributed by atoms with E-state index in [-0.39, 0.29) is 10.8 Å². The molecule has 1 N–H and O–H groups in total. The van der Waals surface area contributed by atoms with Crippen LogP contribution in [0.15, 0.2) is 64.5 Å². The van der Waals surface area contributed by atoms with Gasteiger partial charge in [-0.05, 0) is 43.4 Å². The molecule has 1 amide bonds. The molecule has 0 radical (unpaired) electrons. The third kappa shape index (κ3) is 5.85. The Morgan fingerprint density at radius 1 is 1.03 bits per heavy atom. The molecule has 35 heavy (non-hydrogen) atoms. The predicted octanol–water partition coefficient (Wildman–Crippen LogP) is 4.49. The zero-order valence-corrected chi connectivity index (χ0v) is 21.2. The van der Waals surface area contributed by atoms with Gasteiger partial charge in [-0.15, -0.1) is 10.2 Å². The SMILES string of the molecule is O=C(CSc1nnc(Cn2c(=O)sc3ccccc32)n1CCCc1ccccc1)NC1CCCC1. The van der Waals surface area contributed by atoms with Gasteiger partial charge in [0.2, 0.25) is 5.91 Å². The van der Waals surface area contributed by atoms with Crippen molar-refractivity contribution in [2.24, 2.45) is 0 Å². The smallest absolute Gasteiger partial charge is 0.308 e. The lowest BCUT2D eigenvalue weighted by atomic mass is 10.1. The van der Waals surface area contributed by atoms with Gasteiger partial charge in [-0.25, -0.2) is 0 Å². The number of thioether (sulfide) groups is 1. The second kappa shape index (κ2) is 11.2. The first-order valence-electron chi connectivity index (χ1n) is 12.1. The van der Waals surface area contributed by atoms with Crippen molar-refractivity contribution in [2.45, 2.75) is 62.8 Å². The summed E-state index contributed by atoms with van der Waals surface area (Å²) >= 11 is 2.67. The zero-order chi connectivity index (χ0) is 24.0. The van der Waals surface area contributed by atoms with Crippen molar-refractivity contribution in [1.29, 1.82) is 0 Å². The van der Waals surface area contributed by atoms with Gasteiger partial charge in [0.05, 0.1) is 22.5 Å². The fraction of sp³-hybridized carbons (Fsp3) is 0.385. The molecule has 0 unspecified atom stereocenters. The summed E-state index contributed by atoms with van der Waals surface area (Å²) in [5, 5.41) is 12.7. The summed E-state index contributed by atoms with van der Waals surface area (Å²) in [6.45, 7) is 1.08.